The third kappa shape index (κ3) is 10.5. The molecule has 0 fully saturated rings. The van der Waals surface area contributed by atoms with Gasteiger partial charge in [0.1, 0.15) is 11.6 Å². The number of carboxylic acid groups (broad SMARTS) is 2. The van der Waals surface area contributed by atoms with Crippen molar-refractivity contribution in [3.63, 3.8) is 0 Å². The first kappa shape index (κ1) is 29.5. The average Bonchev–Trinajstić information content (AvgIpc) is 2.90. The van der Waals surface area contributed by atoms with Gasteiger partial charge in [-0.3, -0.25) is 9.59 Å². The number of anilines is 1. The number of ether oxygens (including phenoxy) is 1. The lowest BCUT2D eigenvalue weighted by atomic mass is 10.1. The van der Waals surface area contributed by atoms with Crippen LogP contribution in [-0.2, 0) is 27.3 Å². The van der Waals surface area contributed by atoms with Gasteiger partial charge >= 0.3 is 11.9 Å². The summed E-state index contributed by atoms with van der Waals surface area (Å²) in [6, 6.07) is 20.6. The van der Waals surface area contributed by atoms with Gasteiger partial charge in [0.05, 0.1) is 24.9 Å². The van der Waals surface area contributed by atoms with Crippen LogP contribution < -0.4 is 20.7 Å². The van der Waals surface area contributed by atoms with E-state index in [0.29, 0.717) is 30.8 Å². The molecule has 0 bridgehead atoms. The summed E-state index contributed by atoms with van der Waals surface area (Å²) in [5, 5.41) is 23.5. The maximum Gasteiger partial charge on any atom is 0.414 e. The summed E-state index contributed by atoms with van der Waals surface area (Å²) in [6.07, 6.45) is 0.678. The van der Waals surface area contributed by atoms with E-state index in [2.05, 4.69) is 16.0 Å². The summed E-state index contributed by atoms with van der Waals surface area (Å²) in [5.41, 5.74) is 2.80. The van der Waals surface area contributed by atoms with Crippen molar-refractivity contribution in [2.75, 3.05) is 25.5 Å². The molecule has 3 rings (SSSR count). The molecule has 3 aromatic carbocycles. The highest BCUT2D eigenvalue weighted by Gasteiger charge is 2.13. The Hall–Kier alpha value is -4.77. The zero-order valence-electron chi connectivity index (χ0n) is 20.6. The molecule has 0 heterocycles. The van der Waals surface area contributed by atoms with E-state index in [4.69, 9.17) is 24.5 Å². The van der Waals surface area contributed by atoms with E-state index < -0.39 is 11.9 Å². The van der Waals surface area contributed by atoms with Crippen molar-refractivity contribution in [1.29, 1.82) is 0 Å². The van der Waals surface area contributed by atoms with Gasteiger partial charge in [-0.05, 0) is 53.9 Å². The predicted molar refractivity (Wildman–Crippen MR) is 137 cm³/mol. The van der Waals surface area contributed by atoms with Gasteiger partial charge in [-0.25, -0.2) is 14.0 Å². The Bertz CT molecular complexity index is 1220. The van der Waals surface area contributed by atoms with Gasteiger partial charge in [-0.2, -0.15) is 0 Å². The number of hydrogen-bond acceptors (Lipinski definition) is 6. The van der Waals surface area contributed by atoms with Crippen LogP contribution in [0.5, 0.6) is 5.75 Å². The monoisotopic (exact) mass is 525 g/mol. The van der Waals surface area contributed by atoms with E-state index in [-0.39, 0.29) is 24.2 Å². The molecule has 10 nitrogen and oxygen atoms in total. The standard InChI is InChI=1S/C25H26FN3O3.C2H2O4/c1-32-21-12-8-18(9-13-21)14-15-28-25(31)22-4-2-3-5-23(22)29-24(30)17-27-16-19-6-10-20(26)11-7-19;3-1(4)2(5)6/h2-13,27H,14-17H2,1H3,(H,28,31)(H,29,30);(H,3,4)(H,5,6). The fourth-order valence-corrected chi connectivity index (χ4v) is 3.11. The molecule has 3 aromatic rings. The van der Waals surface area contributed by atoms with Crippen molar-refractivity contribution in [2.24, 2.45) is 0 Å². The van der Waals surface area contributed by atoms with E-state index in [1.807, 2.05) is 24.3 Å². The quantitative estimate of drug-likeness (QED) is 0.253. The second-order valence-corrected chi connectivity index (χ2v) is 7.79. The number of hydrogen-bond donors (Lipinski definition) is 5. The Morgan fingerprint density at radius 3 is 2.05 bits per heavy atom. The Morgan fingerprint density at radius 2 is 1.45 bits per heavy atom. The Morgan fingerprint density at radius 1 is 0.842 bits per heavy atom. The third-order valence-corrected chi connectivity index (χ3v) is 5.01. The molecule has 11 heteroatoms. The van der Waals surface area contributed by atoms with Crippen LogP contribution in [-0.4, -0.2) is 54.2 Å². The normalized spacial score (nSPS) is 9.95. The number of rotatable bonds is 10. The summed E-state index contributed by atoms with van der Waals surface area (Å²) in [4.78, 5) is 43.1. The van der Waals surface area contributed by atoms with Gasteiger partial charge in [0, 0.05) is 13.1 Å². The molecule has 0 radical (unpaired) electrons. The number of methoxy groups -OCH3 is 1. The number of carbonyl (C=O) groups is 4. The number of para-hydroxylation sites is 1. The lowest BCUT2D eigenvalue weighted by molar-refractivity contribution is -0.159. The van der Waals surface area contributed by atoms with Crippen LogP contribution in [0.3, 0.4) is 0 Å². The van der Waals surface area contributed by atoms with Gasteiger partial charge < -0.3 is 30.9 Å². The number of nitrogens with one attached hydrogen (secondary N) is 3. The minimum atomic E-state index is -1.82. The van der Waals surface area contributed by atoms with Gasteiger partial charge in [-0.1, -0.05) is 36.4 Å². The molecule has 0 aliphatic carbocycles. The molecule has 0 spiro atoms. The Kier molecular flexibility index (Phi) is 11.9. The maximum atomic E-state index is 13.0. The highest BCUT2D eigenvalue weighted by molar-refractivity contribution is 6.27. The molecule has 0 atom stereocenters. The number of carboxylic acids is 2. The first-order valence-corrected chi connectivity index (χ1v) is 11.4. The lowest BCUT2D eigenvalue weighted by Crippen LogP contribution is -2.30. The SMILES string of the molecule is COc1ccc(CCNC(=O)c2ccccc2NC(=O)CNCc2ccc(F)cc2)cc1.O=C(O)C(=O)O. The topological polar surface area (TPSA) is 154 Å². The summed E-state index contributed by atoms with van der Waals surface area (Å²) in [6.45, 7) is 0.957. The molecule has 0 unspecified atom stereocenters. The summed E-state index contributed by atoms with van der Waals surface area (Å²) in [5.74, 6) is -3.69. The minimum absolute atomic E-state index is 0.0603. The molecule has 0 saturated carbocycles. The van der Waals surface area contributed by atoms with Crippen molar-refractivity contribution >= 4 is 29.4 Å². The van der Waals surface area contributed by atoms with Crippen LogP contribution in [0.15, 0.2) is 72.8 Å². The van der Waals surface area contributed by atoms with Crippen molar-refractivity contribution in [3.8, 4) is 5.75 Å². The molecule has 38 heavy (non-hydrogen) atoms. The van der Waals surface area contributed by atoms with Crippen LogP contribution in [0.25, 0.3) is 0 Å². The van der Waals surface area contributed by atoms with E-state index >= 15 is 0 Å². The number of carbonyl (C=O) groups excluding carboxylic acids is 2. The third-order valence-electron chi connectivity index (χ3n) is 5.01. The molecular weight excluding hydrogens is 497 g/mol. The minimum Gasteiger partial charge on any atom is -0.497 e. The molecule has 0 aliphatic heterocycles. The predicted octanol–water partition coefficient (Wildman–Crippen LogP) is 2.69. The fourth-order valence-electron chi connectivity index (χ4n) is 3.11. The van der Waals surface area contributed by atoms with Crippen molar-refractivity contribution < 1.29 is 38.5 Å². The first-order valence-electron chi connectivity index (χ1n) is 11.4. The molecule has 5 N–H and O–H groups in total. The van der Waals surface area contributed by atoms with Crippen molar-refractivity contribution in [2.45, 2.75) is 13.0 Å². The molecular formula is C27H28FN3O7. The fraction of sp³-hybridized carbons (Fsp3) is 0.185. The van der Waals surface area contributed by atoms with E-state index in [9.17, 15) is 14.0 Å². The van der Waals surface area contributed by atoms with Gasteiger partial charge in [-0.15, -0.1) is 0 Å². The molecule has 0 aliphatic rings. The maximum absolute atomic E-state index is 13.0. The van der Waals surface area contributed by atoms with Crippen molar-refractivity contribution in [1.82, 2.24) is 10.6 Å². The second-order valence-electron chi connectivity index (χ2n) is 7.79. The van der Waals surface area contributed by atoms with Crippen LogP contribution in [0.2, 0.25) is 0 Å². The highest BCUT2D eigenvalue weighted by Crippen LogP contribution is 2.15. The van der Waals surface area contributed by atoms with E-state index in [1.54, 1.807) is 43.5 Å². The highest BCUT2D eigenvalue weighted by atomic mass is 19.1. The van der Waals surface area contributed by atoms with Crippen molar-refractivity contribution in [3.05, 3.63) is 95.3 Å². The molecule has 0 saturated heterocycles. The zero-order valence-corrected chi connectivity index (χ0v) is 20.6. The average molecular weight is 526 g/mol. The summed E-state index contributed by atoms with van der Waals surface area (Å²) >= 11 is 0. The van der Waals surface area contributed by atoms with Crippen LogP contribution in [0.1, 0.15) is 21.5 Å². The molecule has 0 aromatic heterocycles. The van der Waals surface area contributed by atoms with Gasteiger partial charge in [0.15, 0.2) is 0 Å². The van der Waals surface area contributed by atoms with Crippen LogP contribution in [0.4, 0.5) is 10.1 Å². The van der Waals surface area contributed by atoms with E-state index in [0.717, 1.165) is 16.9 Å². The Labute approximate surface area is 218 Å². The molecule has 2 amide bonds. The smallest absolute Gasteiger partial charge is 0.414 e. The second kappa shape index (κ2) is 15.4. The van der Waals surface area contributed by atoms with E-state index in [1.165, 1.54) is 12.1 Å². The lowest BCUT2D eigenvalue weighted by Gasteiger charge is -2.12. The summed E-state index contributed by atoms with van der Waals surface area (Å²) in [7, 11) is 1.62. The number of aliphatic carboxylic acids is 2. The molecule has 200 valence electrons. The number of benzene rings is 3. The first-order chi connectivity index (χ1) is 18.2. The summed E-state index contributed by atoms with van der Waals surface area (Å²) < 4.78 is 18.1. The van der Waals surface area contributed by atoms with Gasteiger partial charge in [0.25, 0.3) is 5.91 Å². The van der Waals surface area contributed by atoms with Crippen LogP contribution >= 0.6 is 0 Å². The number of amides is 2. The zero-order chi connectivity index (χ0) is 27.9. The van der Waals surface area contributed by atoms with Gasteiger partial charge in [0.2, 0.25) is 5.91 Å². The largest absolute Gasteiger partial charge is 0.497 e. The Balaban J connectivity index is 0.000000757. The van der Waals surface area contributed by atoms with Crippen LogP contribution in [0, 0.1) is 5.82 Å². The number of halogens is 1.